The average Bonchev–Trinajstić information content (AvgIpc) is 2.75. The van der Waals surface area contributed by atoms with Crippen LogP contribution in [0, 0.1) is 5.82 Å². The zero-order chi connectivity index (χ0) is 20.5. The monoisotopic (exact) mass is 404 g/mol. The number of rotatable bonds is 7. The summed E-state index contributed by atoms with van der Waals surface area (Å²) in [6.07, 6.45) is 3.61. The number of benzene rings is 1. The molecule has 162 valence electrons. The number of anilines is 1. The molecule has 2 aliphatic rings. The molecule has 2 N–H and O–H groups in total. The van der Waals surface area contributed by atoms with Crippen LogP contribution in [0.5, 0.6) is 0 Å². The van der Waals surface area contributed by atoms with E-state index < -0.39 is 0 Å². The third-order valence-electron chi connectivity index (χ3n) is 5.98. The van der Waals surface area contributed by atoms with Gasteiger partial charge in [-0.2, -0.15) is 0 Å². The molecular weight excluding hydrogens is 367 g/mol. The number of nitrogens with zero attached hydrogens (tertiary/aromatic N) is 4. The lowest BCUT2D eigenvalue weighted by Crippen LogP contribution is -2.51. The first-order valence-corrected chi connectivity index (χ1v) is 11.1. The number of aliphatic imine (C=N–C) groups is 1. The summed E-state index contributed by atoms with van der Waals surface area (Å²) in [5.74, 6) is 0.746. The number of piperidine rings is 1. The molecule has 2 fully saturated rings. The van der Waals surface area contributed by atoms with Gasteiger partial charge < -0.3 is 20.4 Å². The van der Waals surface area contributed by atoms with Gasteiger partial charge in [0.15, 0.2) is 5.96 Å². The predicted octanol–water partition coefficient (Wildman–Crippen LogP) is 1.99. The van der Waals surface area contributed by atoms with Crippen molar-refractivity contribution in [2.75, 3.05) is 70.9 Å². The van der Waals surface area contributed by atoms with E-state index in [0.717, 1.165) is 50.9 Å². The van der Waals surface area contributed by atoms with Gasteiger partial charge in [0, 0.05) is 71.1 Å². The van der Waals surface area contributed by atoms with Crippen molar-refractivity contribution in [3.63, 3.8) is 0 Å². The molecular formula is C22H37FN6. The van der Waals surface area contributed by atoms with E-state index in [1.807, 2.05) is 19.2 Å². The third-order valence-corrected chi connectivity index (χ3v) is 5.98. The molecule has 2 heterocycles. The third kappa shape index (κ3) is 6.85. The second kappa shape index (κ2) is 11.4. The van der Waals surface area contributed by atoms with Gasteiger partial charge in [0.25, 0.3) is 0 Å². The van der Waals surface area contributed by atoms with E-state index in [0.29, 0.717) is 6.04 Å². The first-order chi connectivity index (χ1) is 14.2. The fourth-order valence-electron chi connectivity index (χ4n) is 4.22. The zero-order valence-corrected chi connectivity index (χ0v) is 18.0. The van der Waals surface area contributed by atoms with Gasteiger partial charge in [0.1, 0.15) is 5.82 Å². The number of nitrogens with one attached hydrogen (secondary N) is 2. The Morgan fingerprint density at radius 3 is 2.28 bits per heavy atom. The van der Waals surface area contributed by atoms with Crippen LogP contribution in [0.1, 0.15) is 26.2 Å². The summed E-state index contributed by atoms with van der Waals surface area (Å²) in [5.41, 5.74) is 1.11. The Kier molecular flexibility index (Phi) is 8.55. The molecule has 0 amide bonds. The van der Waals surface area contributed by atoms with Crippen molar-refractivity contribution in [1.29, 1.82) is 0 Å². The van der Waals surface area contributed by atoms with Crippen LogP contribution in [0.15, 0.2) is 29.3 Å². The maximum absolute atomic E-state index is 13.1. The predicted molar refractivity (Wildman–Crippen MR) is 119 cm³/mol. The van der Waals surface area contributed by atoms with E-state index in [1.165, 1.54) is 51.0 Å². The molecule has 6 nitrogen and oxygen atoms in total. The minimum Gasteiger partial charge on any atom is -0.369 e. The van der Waals surface area contributed by atoms with Gasteiger partial charge in [-0.05, 0) is 50.1 Å². The maximum atomic E-state index is 13.1. The van der Waals surface area contributed by atoms with Gasteiger partial charge in [0.05, 0.1) is 0 Å². The number of piperazine rings is 1. The highest BCUT2D eigenvalue weighted by molar-refractivity contribution is 5.79. The summed E-state index contributed by atoms with van der Waals surface area (Å²) in [7, 11) is 1.85. The topological polar surface area (TPSA) is 46.1 Å². The number of guanidine groups is 1. The highest BCUT2D eigenvalue weighted by Crippen LogP contribution is 2.16. The highest BCUT2D eigenvalue weighted by atomic mass is 19.1. The standard InChI is InChI=1S/C22H37FN6/c1-3-11-27-12-8-20(9-13-27)26-22(24-2)25-10-14-28-15-17-29(18-16-28)21-6-4-19(23)5-7-21/h4-7,20H,3,8-18H2,1-2H3,(H2,24,25,26). The van der Waals surface area contributed by atoms with Crippen LogP contribution < -0.4 is 15.5 Å². The molecule has 0 unspecified atom stereocenters. The average molecular weight is 405 g/mol. The van der Waals surface area contributed by atoms with Crippen LogP contribution in [-0.4, -0.2) is 87.8 Å². The SMILES string of the molecule is CCCN1CCC(NC(=NC)NCCN2CCN(c3ccc(F)cc3)CC2)CC1. The van der Waals surface area contributed by atoms with Crippen molar-refractivity contribution in [3.8, 4) is 0 Å². The van der Waals surface area contributed by atoms with Crippen LogP contribution in [-0.2, 0) is 0 Å². The summed E-state index contributed by atoms with van der Waals surface area (Å²) in [6, 6.07) is 7.34. The summed E-state index contributed by atoms with van der Waals surface area (Å²) < 4.78 is 13.1. The molecule has 2 aliphatic heterocycles. The van der Waals surface area contributed by atoms with Crippen LogP contribution in [0.3, 0.4) is 0 Å². The summed E-state index contributed by atoms with van der Waals surface area (Å²) in [6.45, 7) is 11.7. The Morgan fingerprint density at radius 2 is 1.66 bits per heavy atom. The number of hydrogen-bond donors (Lipinski definition) is 2. The molecule has 0 spiro atoms. The summed E-state index contributed by atoms with van der Waals surface area (Å²) in [4.78, 5) is 11.8. The summed E-state index contributed by atoms with van der Waals surface area (Å²) >= 11 is 0. The molecule has 2 saturated heterocycles. The van der Waals surface area contributed by atoms with Gasteiger partial charge in [-0.25, -0.2) is 4.39 Å². The van der Waals surface area contributed by atoms with Crippen LogP contribution in [0.4, 0.5) is 10.1 Å². The fraction of sp³-hybridized carbons (Fsp3) is 0.682. The Labute approximate surface area is 175 Å². The van der Waals surface area contributed by atoms with Gasteiger partial charge in [0.2, 0.25) is 0 Å². The van der Waals surface area contributed by atoms with Crippen molar-refractivity contribution in [2.24, 2.45) is 4.99 Å². The number of halogens is 1. The molecule has 1 aromatic carbocycles. The van der Waals surface area contributed by atoms with E-state index in [2.05, 4.69) is 37.2 Å². The lowest BCUT2D eigenvalue weighted by Gasteiger charge is -2.36. The van der Waals surface area contributed by atoms with Crippen LogP contribution in [0.25, 0.3) is 0 Å². The first kappa shape index (κ1) is 21.8. The molecule has 7 heteroatoms. The Morgan fingerprint density at radius 1 is 1.00 bits per heavy atom. The van der Waals surface area contributed by atoms with Gasteiger partial charge in [-0.3, -0.25) is 9.89 Å². The van der Waals surface area contributed by atoms with Crippen molar-refractivity contribution in [2.45, 2.75) is 32.2 Å². The second-order valence-corrected chi connectivity index (χ2v) is 8.06. The molecule has 0 atom stereocenters. The van der Waals surface area contributed by atoms with E-state index in [1.54, 1.807) is 0 Å². The Hall–Kier alpha value is -1.86. The fourth-order valence-corrected chi connectivity index (χ4v) is 4.22. The second-order valence-electron chi connectivity index (χ2n) is 8.06. The first-order valence-electron chi connectivity index (χ1n) is 11.1. The largest absolute Gasteiger partial charge is 0.369 e. The molecule has 3 rings (SSSR count). The van der Waals surface area contributed by atoms with Crippen LogP contribution >= 0.6 is 0 Å². The quantitative estimate of drug-likeness (QED) is 0.538. The number of hydrogen-bond acceptors (Lipinski definition) is 4. The van der Waals surface area contributed by atoms with E-state index >= 15 is 0 Å². The van der Waals surface area contributed by atoms with E-state index in [-0.39, 0.29) is 5.82 Å². The molecule has 0 aliphatic carbocycles. The zero-order valence-electron chi connectivity index (χ0n) is 18.0. The highest BCUT2D eigenvalue weighted by Gasteiger charge is 2.20. The molecule has 29 heavy (non-hydrogen) atoms. The van der Waals surface area contributed by atoms with Crippen molar-refractivity contribution in [3.05, 3.63) is 30.1 Å². The van der Waals surface area contributed by atoms with Crippen molar-refractivity contribution < 1.29 is 4.39 Å². The Balaban J connectivity index is 1.32. The molecule has 0 saturated carbocycles. The normalized spacial score (nSPS) is 20.1. The van der Waals surface area contributed by atoms with Crippen molar-refractivity contribution in [1.82, 2.24) is 20.4 Å². The Bertz CT molecular complexity index is 619. The minimum absolute atomic E-state index is 0.174. The maximum Gasteiger partial charge on any atom is 0.191 e. The van der Waals surface area contributed by atoms with Gasteiger partial charge in [-0.15, -0.1) is 0 Å². The molecule has 0 radical (unpaired) electrons. The van der Waals surface area contributed by atoms with Crippen LogP contribution in [0.2, 0.25) is 0 Å². The lowest BCUT2D eigenvalue weighted by molar-refractivity contribution is 0.206. The van der Waals surface area contributed by atoms with E-state index in [4.69, 9.17) is 0 Å². The molecule has 0 bridgehead atoms. The van der Waals surface area contributed by atoms with Gasteiger partial charge in [-0.1, -0.05) is 6.92 Å². The van der Waals surface area contributed by atoms with Gasteiger partial charge >= 0.3 is 0 Å². The smallest absolute Gasteiger partial charge is 0.191 e. The lowest BCUT2D eigenvalue weighted by atomic mass is 10.1. The number of likely N-dealkylation sites (tertiary alicyclic amines) is 1. The molecule has 1 aromatic rings. The molecule has 0 aromatic heterocycles. The van der Waals surface area contributed by atoms with E-state index in [9.17, 15) is 4.39 Å². The van der Waals surface area contributed by atoms with Crippen molar-refractivity contribution >= 4 is 11.6 Å². The summed E-state index contributed by atoms with van der Waals surface area (Å²) in [5, 5.41) is 7.07. The minimum atomic E-state index is -0.174.